The number of carbonyl (C=O) groups is 1. The van der Waals surface area contributed by atoms with E-state index in [1.54, 1.807) is 0 Å². The van der Waals surface area contributed by atoms with E-state index >= 15 is 0 Å². The average molecular weight is 241 g/mol. The number of hydrogen-bond donors (Lipinski definition) is 0. The lowest BCUT2D eigenvalue weighted by molar-refractivity contribution is -0.137. The van der Waals surface area contributed by atoms with Gasteiger partial charge in [0.25, 0.3) is 0 Å². The van der Waals surface area contributed by atoms with Gasteiger partial charge < -0.3 is 4.74 Å². The van der Waals surface area contributed by atoms with Gasteiger partial charge in [-0.2, -0.15) is 0 Å². The fraction of sp³-hybridized carbons (Fsp3) is 0.786. The molecule has 0 rings (SSSR count). The number of hydrogen-bond acceptors (Lipinski definition) is 3. The van der Waals surface area contributed by atoms with Crippen molar-refractivity contribution in [3.05, 3.63) is 12.2 Å². The molecule has 0 aromatic rings. The number of ether oxygens (including phenoxy) is 1. The molecule has 0 saturated heterocycles. The molecular weight excluding hydrogens is 214 g/mol. The Labute approximate surface area is 106 Å². The van der Waals surface area contributed by atoms with Crippen LogP contribution in [0.25, 0.3) is 0 Å². The Balaban J connectivity index is 4.09. The standard InChI is InChI=1S/C14H27NO2/c1-5-8-11-15(13(4)6-2)12-9-10-14(16)17-7-3/h9-10,13H,5-8,11-12H2,1-4H3/b10-9+. The van der Waals surface area contributed by atoms with E-state index in [2.05, 4.69) is 25.7 Å². The molecule has 100 valence electrons. The van der Waals surface area contributed by atoms with Crippen LogP contribution in [0.5, 0.6) is 0 Å². The van der Waals surface area contributed by atoms with Crippen molar-refractivity contribution in [3.63, 3.8) is 0 Å². The van der Waals surface area contributed by atoms with E-state index in [1.807, 2.05) is 13.0 Å². The Kier molecular flexibility index (Phi) is 9.83. The van der Waals surface area contributed by atoms with Crippen molar-refractivity contribution >= 4 is 5.97 Å². The third-order valence-corrected chi connectivity index (χ3v) is 2.89. The highest BCUT2D eigenvalue weighted by atomic mass is 16.5. The topological polar surface area (TPSA) is 29.5 Å². The van der Waals surface area contributed by atoms with E-state index in [1.165, 1.54) is 18.9 Å². The summed E-state index contributed by atoms with van der Waals surface area (Å²) in [7, 11) is 0. The Bertz CT molecular complexity index is 226. The molecule has 0 N–H and O–H groups in total. The summed E-state index contributed by atoms with van der Waals surface area (Å²) in [6, 6.07) is 0.563. The molecule has 0 fully saturated rings. The highest BCUT2D eigenvalue weighted by Crippen LogP contribution is 2.05. The molecule has 3 nitrogen and oxygen atoms in total. The van der Waals surface area contributed by atoms with E-state index < -0.39 is 0 Å². The van der Waals surface area contributed by atoms with Crippen molar-refractivity contribution in [3.8, 4) is 0 Å². The van der Waals surface area contributed by atoms with Gasteiger partial charge >= 0.3 is 5.97 Å². The third-order valence-electron chi connectivity index (χ3n) is 2.89. The highest BCUT2D eigenvalue weighted by Gasteiger charge is 2.09. The fourth-order valence-electron chi connectivity index (χ4n) is 1.59. The van der Waals surface area contributed by atoms with Crippen LogP contribution in [0.3, 0.4) is 0 Å². The van der Waals surface area contributed by atoms with Gasteiger partial charge in [-0.25, -0.2) is 4.79 Å². The zero-order valence-corrected chi connectivity index (χ0v) is 11.7. The van der Waals surface area contributed by atoms with Crippen LogP contribution in [-0.2, 0) is 9.53 Å². The number of carbonyl (C=O) groups excluding carboxylic acids is 1. The van der Waals surface area contributed by atoms with E-state index in [9.17, 15) is 4.79 Å². The van der Waals surface area contributed by atoms with Crippen LogP contribution in [0.2, 0.25) is 0 Å². The predicted molar refractivity (Wildman–Crippen MR) is 72.0 cm³/mol. The smallest absolute Gasteiger partial charge is 0.330 e. The molecule has 0 amide bonds. The van der Waals surface area contributed by atoms with Crippen molar-refractivity contribution in [2.75, 3.05) is 19.7 Å². The van der Waals surface area contributed by atoms with Crippen LogP contribution in [-0.4, -0.2) is 36.6 Å². The second-order valence-corrected chi connectivity index (χ2v) is 4.26. The van der Waals surface area contributed by atoms with Crippen LogP contribution < -0.4 is 0 Å². The minimum absolute atomic E-state index is 0.243. The predicted octanol–water partition coefficient (Wildman–Crippen LogP) is 3.01. The first-order chi connectivity index (χ1) is 8.15. The van der Waals surface area contributed by atoms with Gasteiger partial charge in [0.15, 0.2) is 0 Å². The fourth-order valence-corrected chi connectivity index (χ4v) is 1.59. The molecule has 0 heterocycles. The molecule has 3 heteroatoms. The van der Waals surface area contributed by atoms with Gasteiger partial charge in [-0.1, -0.05) is 26.3 Å². The van der Waals surface area contributed by atoms with Crippen LogP contribution >= 0.6 is 0 Å². The summed E-state index contributed by atoms with van der Waals surface area (Å²) >= 11 is 0. The van der Waals surface area contributed by atoms with Crippen LogP contribution in [0.15, 0.2) is 12.2 Å². The van der Waals surface area contributed by atoms with Crippen LogP contribution in [0.4, 0.5) is 0 Å². The van der Waals surface area contributed by atoms with Crippen molar-refractivity contribution in [2.24, 2.45) is 0 Å². The molecule has 0 aliphatic rings. The highest BCUT2D eigenvalue weighted by molar-refractivity contribution is 5.81. The van der Waals surface area contributed by atoms with Gasteiger partial charge in [-0.3, -0.25) is 4.90 Å². The molecule has 0 bridgehead atoms. The van der Waals surface area contributed by atoms with Crippen LogP contribution in [0, 0.1) is 0 Å². The maximum Gasteiger partial charge on any atom is 0.330 e. The summed E-state index contributed by atoms with van der Waals surface area (Å²) in [5, 5.41) is 0. The molecule has 17 heavy (non-hydrogen) atoms. The number of esters is 1. The molecule has 0 saturated carbocycles. The van der Waals surface area contributed by atoms with Crippen LogP contribution in [0.1, 0.15) is 47.0 Å². The molecular formula is C14H27NO2. The lowest BCUT2D eigenvalue weighted by Gasteiger charge is -2.26. The first-order valence-corrected chi connectivity index (χ1v) is 6.72. The van der Waals surface area contributed by atoms with Crippen molar-refractivity contribution in [2.45, 2.75) is 53.0 Å². The maximum atomic E-state index is 11.2. The van der Waals surface area contributed by atoms with Gasteiger partial charge in [0.05, 0.1) is 6.61 Å². The van der Waals surface area contributed by atoms with Gasteiger partial charge in [0, 0.05) is 18.7 Å². The quantitative estimate of drug-likeness (QED) is 0.459. The number of nitrogens with zero attached hydrogens (tertiary/aromatic N) is 1. The minimum atomic E-state index is -0.243. The molecule has 0 aromatic heterocycles. The molecule has 0 aromatic carbocycles. The number of unbranched alkanes of at least 4 members (excludes halogenated alkanes) is 1. The minimum Gasteiger partial charge on any atom is -0.463 e. The van der Waals surface area contributed by atoms with Gasteiger partial charge in [-0.15, -0.1) is 0 Å². The zero-order valence-electron chi connectivity index (χ0n) is 11.7. The van der Waals surface area contributed by atoms with E-state index in [0.29, 0.717) is 12.6 Å². The van der Waals surface area contributed by atoms with Gasteiger partial charge in [0.1, 0.15) is 0 Å². The largest absolute Gasteiger partial charge is 0.463 e. The molecule has 0 spiro atoms. The Morgan fingerprint density at radius 3 is 2.59 bits per heavy atom. The second kappa shape index (κ2) is 10.3. The molecule has 0 aliphatic heterocycles. The van der Waals surface area contributed by atoms with E-state index in [0.717, 1.165) is 19.5 Å². The van der Waals surface area contributed by atoms with Gasteiger partial charge in [-0.05, 0) is 33.2 Å². The summed E-state index contributed by atoms with van der Waals surface area (Å²) in [6.07, 6.45) is 6.98. The van der Waals surface area contributed by atoms with Crippen molar-refractivity contribution in [1.82, 2.24) is 4.90 Å². The Morgan fingerprint density at radius 2 is 2.06 bits per heavy atom. The summed E-state index contributed by atoms with van der Waals surface area (Å²) in [6.45, 7) is 10.8. The monoisotopic (exact) mass is 241 g/mol. The van der Waals surface area contributed by atoms with E-state index in [-0.39, 0.29) is 5.97 Å². The first-order valence-electron chi connectivity index (χ1n) is 6.72. The lowest BCUT2D eigenvalue weighted by atomic mass is 10.2. The molecule has 1 unspecified atom stereocenters. The first kappa shape index (κ1) is 16.2. The van der Waals surface area contributed by atoms with Crippen molar-refractivity contribution < 1.29 is 9.53 Å². The third kappa shape index (κ3) is 7.97. The number of rotatable bonds is 9. The van der Waals surface area contributed by atoms with Gasteiger partial charge in [0.2, 0.25) is 0 Å². The molecule has 0 radical (unpaired) electrons. The summed E-state index contributed by atoms with van der Waals surface area (Å²) in [5.74, 6) is -0.243. The SMILES string of the molecule is CCCCN(C/C=C/C(=O)OCC)C(C)CC. The normalized spacial score (nSPS) is 13.2. The Hall–Kier alpha value is -0.830. The second-order valence-electron chi connectivity index (χ2n) is 4.26. The van der Waals surface area contributed by atoms with E-state index in [4.69, 9.17) is 4.74 Å². The molecule has 0 aliphatic carbocycles. The van der Waals surface area contributed by atoms with Crippen molar-refractivity contribution in [1.29, 1.82) is 0 Å². The molecule has 1 atom stereocenters. The maximum absolute atomic E-state index is 11.2. The Morgan fingerprint density at radius 1 is 1.35 bits per heavy atom. The summed E-state index contributed by atoms with van der Waals surface area (Å²) in [5.41, 5.74) is 0. The lowest BCUT2D eigenvalue weighted by Crippen LogP contribution is -2.33. The average Bonchev–Trinajstić information content (AvgIpc) is 2.32. The summed E-state index contributed by atoms with van der Waals surface area (Å²) < 4.78 is 4.85. The summed E-state index contributed by atoms with van der Waals surface area (Å²) in [4.78, 5) is 13.6. The zero-order chi connectivity index (χ0) is 13.1.